The lowest BCUT2D eigenvalue weighted by atomic mass is 10.0. The van der Waals surface area contributed by atoms with Crippen molar-refractivity contribution in [2.45, 2.75) is 204 Å². The van der Waals surface area contributed by atoms with Crippen molar-refractivity contribution in [1.29, 1.82) is 0 Å². The van der Waals surface area contributed by atoms with Crippen LogP contribution in [0.15, 0.2) is 0 Å². The van der Waals surface area contributed by atoms with Gasteiger partial charge in [-0.3, -0.25) is 24.0 Å². The number of nitrogens with two attached hydrogens (primary N) is 5. The molecule has 0 saturated carbocycles. The van der Waals surface area contributed by atoms with E-state index in [-0.39, 0.29) is 23.6 Å². The number of unbranched alkanes of at least 4 members (excludes halogenated alkanes) is 19. The van der Waals surface area contributed by atoms with Crippen LogP contribution in [-0.4, -0.2) is 80.4 Å². The van der Waals surface area contributed by atoms with Gasteiger partial charge < -0.3 is 49.9 Å². The van der Waals surface area contributed by atoms with Gasteiger partial charge in [0, 0.05) is 25.9 Å². The first kappa shape index (κ1) is 53.2. The molecule has 3 atom stereocenters. The van der Waals surface area contributed by atoms with E-state index in [0.717, 1.165) is 141 Å². The van der Waals surface area contributed by atoms with Crippen LogP contribution >= 0.6 is 0 Å². The maximum atomic E-state index is 12.9. The van der Waals surface area contributed by atoms with Crippen molar-refractivity contribution in [3.05, 3.63) is 0 Å². The molecule has 5 amide bonds. The largest absolute Gasteiger partial charge is 0.368 e. The van der Waals surface area contributed by atoms with Gasteiger partial charge in [-0.2, -0.15) is 0 Å². The number of carbonyl (C=O) groups excluding carboxylic acids is 5. The molecule has 328 valence electrons. The van der Waals surface area contributed by atoms with Gasteiger partial charge in [0.15, 0.2) is 0 Å². The number of primary amides is 1. The molecule has 0 bridgehead atoms. The van der Waals surface area contributed by atoms with Crippen LogP contribution in [0, 0.1) is 0 Å². The number of nitrogens with one attached hydrogen (secondary N) is 4. The molecule has 14 heteroatoms. The van der Waals surface area contributed by atoms with Gasteiger partial charge in [0.05, 0.1) is 6.04 Å². The van der Waals surface area contributed by atoms with Crippen LogP contribution in [0.3, 0.4) is 0 Å². The third-order valence-corrected chi connectivity index (χ3v) is 10.3. The van der Waals surface area contributed by atoms with Gasteiger partial charge in [-0.05, 0) is 96.7 Å². The molecule has 0 aromatic heterocycles. The monoisotopic (exact) mass is 796 g/mol. The molecule has 0 aromatic rings. The molecule has 0 aromatic carbocycles. The van der Waals surface area contributed by atoms with Crippen LogP contribution < -0.4 is 49.9 Å². The molecule has 0 spiro atoms. The van der Waals surface area contributed by atoms with Crippen LogP contribution in [0.1, 0.15) is 186 Å². The van der Waals surface area contributed by atoms with Crippen LogP contribution in [0.2, 0.25) is 0 Å². The van der Waals surface area contributed by atoms with E-state index < -0.39 is 24.0 Å². The summed E-state index contributed by atoms with van der Waals surface area (Å²) in [6, 6.07) is -1.57. The lowest BCUT2D eigenvalue weighted by Gasteiger charge is -2.18. The lowest BCUT2D eigenvalue weighted by Crippen LogP contribution is -2.47. The van der Waals surface area contributed by atoms with Crippen molar-refractivity contribution < 1.29 is 24.0 Å². The zero-order chi connectivity index (χ0) is 41.5. The highest BCUT2D eigenvalue weighted by molar-refractivity contribution is 5.87. The van der Waals surface area contributed by atoms with Crippen LogP contribution in [0.5, 0.6) is 0 Å². The van der Waals surface area contributed by atoms with Gasteiger partial charge in [0.25, 0.3) is 0 Å². The molecular formula is C42H85N9O5. The predicted octanol–water partition coefficient (Wildman–Crippen LogP) is 4.19. The van der Waals surface area contributed by atoms with E-state index in [1.54, 1.807) is 0 Å². The Hall–Kier alpha value is -2.81. The molecule has 0 aliphatic rings. The van der Waals surface area contributed by atoms with Crippen molar-refractivity contribution in [1.82, 2.24) is 21.3 Å². The minimum atomic E-state index is -0.613. The minimum Gasteiger partial charge on any atom is -0.368 e. The number of amides is 5. The van der Waals surface area contributed by atoms with E-state index in [1.165, 1.54) is 12.8 Å². The number of rotatable bonds is 41. The van der Waals surface area contributed by atoms with E-state index in [0.29, 0.717) is 64.8 Å². The Bertz CT molecular complexity index is 1000. The molecule has 0 rings (SSSR count). The van der Waals surface area contributed by atoms with Crippen molar-refractivity contribution in [2.24, 2.45) is 28.7 Å². The first-order valence-corrected chi connectivity index (χ1v) is 22.4. The summed E-state index contributed by atoms with van der Waals surface area (Å²) in [7, 11) is 0. The molecule has 14 N–H and O–H groups in total. The minimum absolute atomic E-state index is 0.0597. The van der Waals surface area contributed by atoms with Crippen LogP contribution in [0.4, 0.5) is 0 Å². The average molecular weight is 796 g/mol. The van der Waals surface area contributed by atoms with Gasteiger partial charge >= 0.3 is 0 Å². The van der Waals surface area contributed by atoms with Gasteiger partial charge in [-0.25, -0.2) is 0 Å². The van der Waals surface area contributed by atoms with Crippen molar-refractivity contribution >= 4 is 29.5 Å². The van der Waals surface area contributed by atoms with Gasteiger partial charge in [0.2, 0.25) is 29.5 Å². The van der Waals surface area contributed by atoms with E-state index in [9.17, 15) is 24.0 Å². The smallest absolute Gasteiger partial charge is 0.242 e. The van der Waals surface area contributed by atoms with Gasteiger partial charge in [0.1, 0.15) is 12.1 Å². The topological polar surface area (TPSA) is 264 Å². The summed E-state index contributed by atoms with van der Waals surface area (Å²) in [5, 5.41) is 11.7. The summed E-state index contributed by atoms with van der Waals surface area (Å²) in [5.41, 5.74) is 28.0. The maximum absolute atomic E-state index is 12.9. The number of hydrogen-bond donors (Lipinski definition) is 9. The standard InChI is InChI=1S/C42H85N9O5/c43-30-20-17-25-35(46)41(55)48-33-23-13-9-5-1-4-8-12-16-29-39(53)51-37(27-19-22-32-45)42(56)49-34-24-14-10-6-2-3-7-11-15-28-38(52)50-36(40(47)54)26-18-21-31-44/h35-37H,1-34,43-46H2,(H2,47,54)(H,48,55)(H,49,56)(H,50,52)(H,51,53). The average Bonchev–Trinajstić information content (AvgIpc) is 3.17. The van der Waals surface area contributed by atoms with E-state index in [4.69, 9.17) is 28.7 Å². The molecular weight excluding hydrogens is 711 g/mol. The number of hydrogen-bond acceptors (Lipinski definition) is 9. The second kappa shape index (κ2) is 39.0. The molecule has 0 radical (unpaired) electrons. The lowest BCUT2D eigenvalue weighted by molar-refractivity contribution is -0.129. The fourth-order valence-corrected chi connectivity index (χ4v) is 6.69. The van der Waals surface area contributed by atoms with Gasteiger partial charge in [-0.15, -0.1) is 0 Å². The zero-order valence-electron chi connectivity index (χ0n) is 35.2. The van der Waals surface area contributed by atoms with Gasteiger partial charge in [-0.1, -0.05) is 96.3 Å². The molecule has 14 nitrogen and oxygen atoms in total. The SMILES string of the molecule is NCCCCC(N)C(=O)NCCCCCCCCCCCC(=O)NC(CCCCN)C(=O)NCCCCCCCCCCCC(=O)NC(CCCCN)C(N)=O. The molecule has 0 aliphatic carbocycles. The van der Waals surface area contributed by atoms with Crippen molar-refractivity contribution in [3.8, 4) is 0 Å². The van der Waals surface area contributed by atoms with E-state index in [2.05, 4.69) is 21.3 Å². The fourth-order valence-electron chi connectivity index (χ4n) is 6.69. The molecule has 0 heterocycles. The van der Waals surface area contributed by atoms with Crippen LogP contribution in [-0.2, 0) is 24.0 Å². The quantitative estimate of drug-likeness (QED) is 0.0401. The van der Waals surface area contributed by atoms with E-state index in [1.807, 2.05) is 0 Å². The Morgan fingerprint density at radius 1 is 0.393 bits per heavy atom. The third-order valence-electron chi connectivity index (χ3n) is 10.3. The molecule has 0 saturated heterocycles. The molecule has 0 aliphatic heterocycles. The normalized spacial score (nSPS) is 12.8. The summed E-state index contributed by atoms with van der Waals surface area (Å²) in [6.45, 7) is 3.04. The third kappa shape index (κ3) is 33.3. The Morgan fingerprint density at radius 3 is 1.14 bits per heavy atom. The zero-order valence-corrected chi connectivity index (χ0v) is 35.2. The summed E-state index contributed by atoms with van der Waals surface area (Å²) >= 11 is 0. The predicted molar refractivity (Wildman–Crippen MR) is 228 cm³/mol. The fraction of sp³-hybridized carbons (Fsp3) is 0.881. The van der Waals surface area contributed by atoms with Crippen molar-refractivity contribution in [3.63, 3.8) is 0 Å². The Morgan fingerprint density at radius 2 is 0.732 bits per heavy atom. The Labute approximate surface area is 339 Å². The molecule has 3 unspecified atom stereocenters. The second-order valence-electron chi connectivity index (χ2n) is 15.5. The summed E-state index contributed by atoms with van der Waals surface area (Å²) < 4.78 is 0. The number of carbonyl (C=O) groups is 5. The first-order valence-electron chi connectivity index (χ1n) is 22.4. The Kier molecular flexibility index (Phi) is 37.1. The molecule has 56 heavy (non-hydrogen) atoms. The van der Waals surface area contributed by atoms with Crippen LogP contribution in [0.25, 0.3) is 0 Å². The molecule has 0 fully saturated rings. The highest BCUT2D eigenvalue weighted by Crippen LogP contribution is 2.13. The maximum Gasteiger partial charge on any atom is 0.242 e. The first-order chi connectivity index (χ1) is 27.2. The highest BCUT2D eigenvalue weighted by atomic mass is 16.2. The van der Waals surface area contributed by atoms with E-state index >= 15 is 0 Å². The Balaban J connectivity index is 3.94. The summed E-state index contributed by atoms with van der Waals surface area (Å²) in [4.78, 5) is 61.4. The second-order valence-corrected chi connectivity index (χ2v) is 15.5. The summed E-state index contributed by atoms with van der Waals surface area (Å²) in [5.74, 6) is -0.843. The van der Waals surface area contributed by atoms with Crippen molar-refractivity contribution in [2.75, 3.05) is 32.7 Å². The summed E-state index contributed by atoms with van der Waals surface area (Å²) in [6.07, 6.45) is 26.6. The highest BCUT2D eigenvalue weighted by Gasteiger charge is 2.20.